The number of hydrogen-bond acceptors (Lipinski definition) is 6. The number of thiazole rings is 1. The number of hydrogen-bond donors (Lipinski definition) is 0. The number of esters is 1. The summed E-state index contributed by atoms with van der Waals surface area (Å²) in [5.74, 6) is -0.128. The van der Waals surface area contributed by atoms with Crippen LogP contribution >= 0.6 is 11.3 Å². The van der Waals surface area contributed by atoms with Crippen LogP contribution in [0.3, 0.4) is 0 Å². The summed E-state index contributed by atoms with van der Waals surface area (Å²) in [5, 5.41) is 2.36. The second-order valence-electron chi connectivity index (χ2n) is 6.00. The lowest BCUT2D eigenvalue weighted by Gasteiger charge is -2.40. The van der Waals surface area contributed by atoms with Gasteiger partial charge >= 0.3 is 5.97 Å². The monoisotopic (exact) mass is 309 g/mol. The largest absolute Gasteiger partial charge is 0.464 e. The third-order valence-corrected chi connectivity index (χ3v) is 5.15. The Morgan fingerprint density at radius 2 is 2.10 bits per heavy atom. The summed E-state index contributed by atoms with van der Waals surface area (Å²) in [7, 11) is 0. The minimum Gasteiger partial charge on any atom is -0.464 e. The van der Waals surface area contributed by atoms with Crippen LogP contribution in [-0.4, -0.2) is 65.5 Å². The zero-order valence-corrected chi connectivity index (χ0v) is 13.1. The van der Waals surface area contributed by atoms with Crippen molar-refractivity contribution in [3.63, 3.8) is 0 Å². The van der Waals surface area contributed by atoms with E-state index in [0.717, 1.165) is 13.1 Å². The second kappa shape index (κ2) is 5.38. The number of ether oxygens (including phenoxy) is 1. The van der Waals surface area contributed by atoms with Crippen LogP contribution in [0.2, 0.25) is 0 Å². The van der Waals surface area contributed by atoms with E-state index in [9.17, 15) is 9.59 Å². The quantitative estimate of drug-likeness (QED) is 0.758. The molecule has 3 heterocycles. The predicted octanol–water partition coefficient (Wildman–Crippen LogP) is 0.852. The van der Waals surface area contributed by atoms with Gasteiger partial charge in [-0.2, -0.15) is 0 Å². The first kappa shape index (κ1) is 14.5. The molecule has 7 heteroatoms. The Hall–Kier alpha value is -1.47. The van der Waals surface area contributed by atoms with Crippen molar-refractivity contribution in [2.45, 2.75) is 19.9 Å². The molecule has 1 unspecified atom stereocenters. The van der Waals surface area contributed by atoms with Crippen LogP contribution in [-0.2, 0) is 9.53 Å². The van der Waals surface area contributed by atoms with Crippen molar-refractivity contribution in [3.8, 4) is 0 Å². The third kappa shape index (κ3) is 2.55. The molecule has 6 nitrogen and oxygen atoms in total. The van der Waals surface area contributed by atoms with E-state index in [0.29, 0.717) is 24.7 Å². The van der Waals surface area contributed by atoms with Crippen LogP contribution in [0.15, 0.2) is 11.6 Å². The van der Waals surface area contributed by atoms with E-state index in [1.165, 1.54) is 11.3 Å². The molecule has 1 atom stereocenters. The number of aromatic nitrogens is 1. The molecule has 1 amide bonds. The molecule has 0 N–H and O–H groups in total. The van der Waals surface area contributed by atoms with E-state index in [1.807, 2.05) is 24.1 Å². The Balaban J connectivity index is 1.61. The van der Waals surface area contributed by atoms with Crippen LogP contribution in [0.5, 0.6) is 0 Å². The lowest BCUT2D eigenvalue weighted by molar-refractivity contribution is -0.145. The van der Waals surface area contributed by atoms with E-state index in [2.05, 4.69) is 9.88 Å². The van der Waals surface area contributed by atoms with Crippen LogP contribution in [0.4, 0.5) is 0 Å². The minimum absolute atomic E-state index is 0.00246. The molecule has 1 aromatic rings. The lowest BCUT2D eigenvalue weighted by atomic mass is 9.85. The normalized spacial score (nSPS) is 25.9. The van der Waals surface area contributed by atoms with Gasteiger partial charge in [0.05, 0.1) is 11.5 Å². The molecule has 0 saturated carbocycles. The second-order valence-corrected chi connectivity index (χ2v) is 6.90. The zero-order chi connectivity index (χ0) is 15.0. The van der Waals surface area contributed by atoms with Crippen molar-refractivity contribution >= 4 is 23.2 Å². The molecule has 114 valence electrons. The van der Waals surface area contributed by atoms with Gasteiger partial charge in [-0.05, 0) is 13.8 Å². The number of piperazine rings is 1. The summed E-state index contributed by atoms with van der Waals surface area (Å²) < 4.78 is 5.20. The van der Waals surface area contributed by atoms with Gasteiger partial charge in [0.25, 0.3) is 5.91 Å². The zero-order valence-electron chi connectivity index (χ0n) is 12.2. The number of carbonyl (C=O) groups excluding carboxylic acids is 2. The van der Waals surface area contributed by atoms with E-state index in [4.69, 9.17) is 4.74 Å². The van der Waals surface area contributed by atoms with Gasteiger partial charge in [-0.1, -0.05) is 0 Å². The van der Waals surface area contributed by atoms with Gasteiger partial charge in [0.2, 0.25) is 0 Å². The third-order valence-electron chi connectivity index (χ3n) is 4.39. The molecular weight excluding hydrogens is 290 g/mol. The predicted molar refractivity (Wildman–Crippen MR) is 78.1 cm³/mol. The molecule has 3 rings (SSSR count). The van der Waals surface area contributed by atoms with Crippen molar-refractivity contribution in [1.29, 1.82) is 0 Å². The summed E-state index contributed by atoms with van der Waals surface area (Å²) in [6, 6.07) is 0.0992. The van der Waals surface area contributed by atoms with Gasteiger partial charge in [-0.15, -0.1) is 11.3 Å². The molecule has 0 spiro atoms. The van der Waals surface area contributed by atoms with Gasteiger partial charge in [-0.25, -0.2) is 4.98 Å². The number of nitrogens with zero attached hydrogens (tertiary/aromatic N) is 3. The molecule has 0 radical (unpaired) electrons. The average molecular weight is 309 g/mol. The first-order chi connectivity index (χ1) is 10.00. The molecule has 0 bridgehead atoms. The van der Waals surface area contributed by atoms with E-state index in [1.54, 1.807) is 6.20 Å². The fraction of sp³-hybridized carbons (Fsp3) is 0.643. The lowest BCUT2D eigenvalue weighted by Crippen LogP contribution is -2.55. The highest BCUT2D eigenvalue weighted by Crippen LogP contribution is 2.33. The Labute approximate surface area is 127 Å². The number of cyclic esters (lactones) is 1. The highest BCUT2D eigenvalue weighted by Gasteiger charge is 2.48. The Morgan fingerprint density at radius 1 is 1.38 bits per heavy atom. The highest BCUT2D eigenvalue weighted by atomic mass is 32.1. The standard InChI is InChI=1S/C14H19N3O3S/c1-14(2)10(9-20-13(14)19)16-4-6-17(7-5-16)12(18)11-15-3-8-21-11/h3,8,10H,4-7,9H2,1-2H3. The summed E-state index contributed by atoms with van der Waals surface area (Å²) in [6.45, 7) is 7.18. The molecule has 21 heavy (non-hydrogen) atoms. The molecule has 2 aliphatic rings. The first-order valence-corrected chi connectivity index (χ1v) is 7.98. The molecular formula is C14H19N3O3S. The number of rotatable bonds is 2. The maximum atomic E-state index is 12.2. The SMILES string of the molecule is CC1(C)C(=O)OCC1N1CCN(C(=O)c2nccs2)CC1. The van der Waals surface area contributed by atoms with Gasteiger partial charge in [0.15, 0.2) is 5.01 Å². The Kier molecular flexibility index (Phi) is 3.71. The van der Waals surface area contributed by atoms with Crippen molar-refractivity contribution in [1.82, 2.24) is 14.8 Å². The number of amides is 1. The smallest absolute Gasteiger partial charge is 0.313 e. The van der Waals surface area contributed by atoms with E-state index in [-0.39, 0.29) is 17.9 Å². The van der Waals surface area contributed by atoms with Crippen LogP contribution in [0.25, 0.3) is 0 Å². The molecule has 2 fully saturated rings. The summed E-state index contributed by atoms with van der Waals surface area (Å²) in [5.41, 5.74) is -0.471. The maximum absolute atomic E-state index is 12.2. The van der Waals surface area contributed by atoms with E-state index < -0.39 is 5.41 Å². The maximum Gasteiger partial charge on any atom is 0.313 e. The summed E-state index contributed by atoms with van der Waals surface area (Å²) in [4.78, 5) is 32.2. The van der Waals surface area contributed by atoms with Crippen molar-refractivity contribution < 1.29 is 14.3 Å². The molecule has 1 aromatic heterocycles. The topological polar surface area (TPSA) is 62.7 Å². The summed E-state index contributed by atoms with van der Waals surface area (Å²) >= 11 is 1.37. The fourth-order valence-electron chi connectivity index (χ4n) is 2.95. The van der Waals surface area contributed by atoms with Gasteiger partial charge in [0, 0.05) is 37.8 Å². The minimum atomic E-state index is -0.471. The van der Waals surface area contributed by atoms with Crippen molar-refractivity contribution in [2.75, 3.05) is 32.8 Å². The Morgan fingerprint density at radius 3 is 2.62 bits per heavy atom. The summed E-state index contributed by atoms with van der Waals surface area (Å²) in [6.07, 6.45) is 1.65. The molecule has 0 aliphatic carbocycles. The number of carbonyl (C=O) groups is 2. The van der Waals surface area contributed by atoms with Gasteiger partial charge in [-0.3, -0.25) is 14.5 Å². The van der Waals surface area contributed by atoms with Crippen LogP contribution < -0.4 is 0 Å². The van der Waals surface area contributed by atoms with Crippen LogP contribution in [0, 0.1) is 5.41 Å². The average Bonchev–Trinajstić information content (AvgIpc) is 3.08. The Bertz CT molecular complexity index is 536. The highest BCUT2D eigenvalue weighted by molar-refractivity contribution is 7.11. The molecule has 0 aromatic carbocycles. The van der Waals surface area contributed by atoms with Crippen LogP contribution in [0.1, 0.15) is 23.6 Å². The first-order valence-electron chi connectivity index (χ1n) is 7.10. The van der Waals surface area contributed by atoms with Gasteiger partial charge < -0.3 is 9.64 Å². The van der Waals surface area contributed by atoms with E-state index >= 15 is 0 Å². The van der Waals surface area contributed by atoms with Crippen molar-refractivity contribution in [2.24, 2.45) is 5.41 Å². The molecule has 2 aliphatic heterocycles. The van der Waals surface area contributed by atoms with Crippen molar-refractivity contribution in [3.05, 3.63) is 16.6 Å². The molecule has 2 saturated heterocycles. The fourth-order valence-corrected chi connectivity index (χ4v) is 3.55. The van der Waals surface area contributed by atoms with Gasteiger partial charge in [0.1, 0.15) is 6.61 Å².